The quantitative estimate of drug-likeness (QED) is 0.722. The SMILES string of the molecule is O=S(=O)(Nc1ccccc1-n1cnnn1)c1cc(C(F)(F)F)ccc1Cl. The Morgan fingerprint density at radius 2 is 1.85 bits per heavy atom. The van der Waals surface area contributed by atoms with Gasteiger partial charge < -0.3 is 0 Å². The van der Waals surface area contributed by atoms with Crippen molar-refractivity contribution in [3.8, 4) is 5.69 Å². The van der Waals surface area contributed by atoms with E-state index in [1.165, 1.54) is 23.1 Å². The summed E-state index contributed by atoms with van der Waals surface area (Å²) in [4.78, 5) is -0.694. The summed E-state index contributed by atoms with van der Waals surface area (Å²) >= 11 is 5.81. The van der Waals surface area contributed by atoms with Gasteiger partial charge in [-0.05, 0) is 40.8 Å². The minimum Gasteiger partial charge on any atom is -0.277 e. The lowest BCUT2D eigenvalue weighted by Gasteiger charge is -2.14. The molecule has 1 heterocycles. The number of hydrogen-bond donors (Lipinski definition) is 1. The summed E-state index contributed by atoms with van der Waals surface area (Å²) in [5.74, 6) is 0. The zero-order valence-corrected chi connectivity index (χ0v) is 14.2. The van der Waals surface area contributed by atoms with Gasteiger partial charge in [-0.1, -0.05) is 23.7 Å². The molecule has 0 saturated heterocycles. The predicted molar refractivity (Wildman–Crippen MR) is 86.4 cm³/mol. The third kappa shape index (κ3) is 3.63. The highest BCUT2D eigenvalue weighted by molar-refractivity contribution is 7.92. The van der Waals surface area contributed by atoms with Crippen molar-refractivity contribution in [1.82, 2.24) is 20.2 Å². The van der Waals surface area contributed by atoms with Gasteiger partial charge in [0.05, 0.1) is 22.0 Å². The molecule has 0 unspecified atom stereocenters. The van der Waals surface area contributed by atoms with Crippen LogP contribution in [0, 0.1) is 0 Å². The number of halogens is 4. The standard InChI is InChI=1S/C14H9ClF3N5O2S/c15-10-6-5-9(14(16,17)18)7-13(10)26(24,25)20-11-3-1-2-4-12(11)23-8-19-21-22-23/h1-8,20H. The molecule has 7 nitrogen and oxygen atoms in total. The average molecular weight is 404 g/mol. The summed E-state index contributed by atoms with van der Waals surface area (Å²) in [7, 11) is -4.40. The minimum atomic E-state index is -4.71. The first-order chi connectivity index (χ1) is 12.2. The first-order valence-corrected chi connectivity index (χ1v) is 8.76. The third-order valence-corrected chi connectivity index (χ3v) is 5.14. The van der Waals surface area contributed by atoms with Crippen LogP contribution in [0.15, 0.2) is 53.7 Å². The van der Waals surface area contributed by atoms with Crippen molar-refractivity contribution in [2.45, 2.75) is 11.1 Å². The maximum Gasteiger partial charge on any atom is 0.416 e. The van der Waals surface area contributed by atoms with Gasteiger partial charge in [0.1, 0.15) is 11.2 Å². The summed E-state index contributed by atoms with van der Waals surface area (Å²) in [5.41, 5.74) is -0.784. The highest BCUT2D eigenvalue weighted by atomic mass is 35.5. The predicted octanol–water partition coefficient (Wildman–Crippen LogP) is 3.14. The maximum absolute atomic E-state index is 12.9. The number of benzene rings is 2. The van der Waals surface area contributed by atoms with E-state index in [4.69, 9.17) is 11.6 Å². The smallest absolute Gasteiger partial charge is 0.277 e. The molecule has 0 aliphatic rings. The van der Waals surface area contributed by atoms with Gasteiger partial charge in [-0.2, -0.15) is 17.9 Å². The topological polar surface area (TPSA) is 89.8 Å². The van der Waals surface area contributed by atoms with Crippen LogP contribution in [0.4, 0.5) is 18.9 Å². The van der Waals surface area contributed by atoms with Gasteiger partial charge in [0.2, 0.25) is 0 Å². The number of aromatic nitrogens is 4. The maximum atomic E-state index is 12.9. The van der Waals surface area contributed by atoms with Crippen LogP contribution in [0.3, 0.4) is 0 Å². The number of nitrogens with zero attached hydrogens (tertiary/aromatic N) is 4. The zero-order valence-electron chi connectivity index (χ0n) is 12.6. The van der Waals surface area contributed by atoms with Gasteiger partial charge >= 0.3 is 6.18 Å². The van der Waals surface area contributed by atoms with Crippen molar-refractivity contribution in [1.29, 1.82) is 0 Å². The third-order valence-electron chi connectivity index (χ3n) is 3.29. The molecule has 0 amide bonds. The molecular weight excluding hydrogens is 395 g/mol. The summed E-state index contributed by atoms with van der Waals surface area (Å²) in [6, 6.07) is 8.16. The summed E-state index contributed by atoms with van der Waals surface area (Å²) in [6.07, 6.45) is -3.47. The van der Waals surface area contributed by atoms with Crippen molar-refractivity contribution >= 4 is 27.3 Å². The molecule has 0 saturated carbocycles. The summed E-state index contributed by atoms with van der Waals surface area (Å²) in [5, 5.41) is 10.2. The lowest BCUT2D eigenvalue weighted by atomic mass is 10.2. The molecule has 12 heteroatoms. The Morgan fingerprint density at radius 1 is 1.12 bits per heavy atom. The summed E-state index contributed by atoms with van der Waals surface area (Å²) in [6.45, 7) is 0. The molecule has 0 spiro atoms. The molecule has 3 aromatic rings. The van der Waals surface area contributed by atoms with Crippen LogP contribution < -0.4 is 4.72 Å². The molecule has 2 aromatic carbocycles. The molecular formula is C14H9ClF3N5O2S. The van der Waals surface area contributed by atoms with Crippen LogP contribution in [0.25, 0.3) is 5.69 Å². The largest absolute Gasteiger partial charge is 0.416 e. The van der Waals surface area contributed by atoms with E-state index in [1.807, 2.05) is 0 Å². The number of sulfonamides is 1. The van der Waals surface area contributed by atoms with E-state index < -0.39 is 26.7 Å². The monoisotopic (exact) mass is 403 g/mol. The Bertz CT molecular complexity index is 1040. The van der Waals surface area contributed by atoms with E-state index in [0.29, 0.717) is 12.1 Å². The lowest BCUT2D eigenvalue weighted by Crippen LogP contribution is -2.16. The fourth-order valence-electron chi connectivity index (χ4n) is 2.12. The van der Waals surface area contributed by atoms with Crippen LogP contribution in [-0.4, -0.2) is 28.6 Å². The van der Waals surface area contributed by atoms with E-state index in [9.17, 15) is 21.6 Å². The van der Waals surface area contributed by atoms with Gasteiger partial charge in [0, 0.05) is 0 Å². The minimum absolute atomic E-state index is 0.0632. The molecule has 1 N–H and O–H groups in total. The van der Waals surface area contributed by atoms with Crippen molar-refractivity contribution in [2.75, 3.05) is 4.72 Å². The van der Waals surface area contributed by atoms with Crippen molar-refractivity contribution in [2.24, 2.45) is 0 Å². The van der Waals surface area contributed by atoms with Crippen molar-refractivity contribution in [3.05, 3.63) is 59.4 Å². The van der Waals surface area contributed by atoms with Gasteiger partial charge in [-0.15, -0.1) is 5.10 Å². The van der Waals surface area contributed by atoms with Crippen LogP contribution in [0.1, 0.15) is 5.56 Å². The van der Waals surface area contributed by atoms with E-state index in [0.717, 1.165) is 6.07 Å². The molecule has 0 bridgehead atoms. The fourth-order valence-corrected chi connectivity index (χ4v) is 3.72. The Hall–Kier alpha value is -2.66. The second kappa shape index (κ2) is 6.57. The van der Waals surface area contributed by atoms with Gasteiger partial charge in [-0.25, -0.2) is 8.42 Å². The Kier molecular flexibility index (Phi) is 4.59. The fraction of sp³-hybridized carbons (Fsp3) is 0.0714. The molecule has 3 rings (SSSR count). The molecule has 0 aliphatic carbocycles. The molecule has 0 radical (unpaired) electrons. The van der Waals surface area contributed by atoms with Crippen molar-refractivity contribution in [3.63, 3.8) is 0 Å². The second-order valence-electron chi connectivity index (χ2n) is 5.02. The van der Waals surface area contributed by atoms with E-state index in [-0.39, 0.29) is 16.4 Å². The number of hydrogen-bond acceptors (Lipinski definition) is 5. The van der Waals surface area contributed by atoms with E-state index >= 15 is 0 Å². The normalized spacial score (nSPS) is 12.2. The summed E-state index contributed by atoms with van der Waals surface area (Å²) < 4.78 is 67.3. The molecule has 26 heavy (non-hydrogen) atoms. The van der Waals surface area contributed by atoms with Crippen LogP contribution in [-0.2, 0) is 16.2 Å². The molecule has 0 aliphatic heterocycles. The molecule has 1 aromatic heterocycles. The number of tetrazole rings is 1. The Labute approximate surface area is 150 Å². The lowest BCUT2D eigenvalue weighted by molar-refractivity contribution is -0.137. The first-order valence-electron chi connectivity index (χ1n) is 6.90. The number of anilines is 1. The molecule has 136 valence electrons. The zero-order chi connectivity index (χ0) is 18.9. The number of para-hydroxylation sites is 2. The first kappa shape index (κ1) is 18.1. The highest BCUT2D eigenvalue weighted by Crippen LogP contribution is 2.34. The van der Waals surface area contributed by atoms with Gasteiger partial charge in [-0.3, -0.25) is 4.72 Å². The number of rotatable bonds is 4. The molecule has 0 fully saturated rings. The van der Waals surface area contributed by atoms with Crippen LogP contribution >= 0.6 is 11.6 Å². The highest BCUT2D eigenvalue weighted by Gasteiger charge is 2.33. The van der Waals surface area contributed by atoms with E-state index in [1.54, 1.807) is 12.1 Å². The van der Waals surface area contributed by atoms with Crippen molar-refractivity contribution < 1.29 is 21.6 Å². The number of alkyl halides is 3. The van der Waals surface area contributed by atoms with E-state index in [2.05, 4.69) is 20.2 Å². The molecule has 0 atom stereocenters. The van der Waals surface area contributed by atoms with Gasteiger partial charge in [0.15, 0.2) is 0 Å². The Balaban J connectivity index is 2.04. The van der Waals surface area contributed by atoms with Crippen LogP contribution in [0.5, 0.6) is 0 Å². The second-order valence-corrected chi connectivity index (χ2v) is 7.08. The number of nitrogens with one attached hydrogen (secondary N) is 1. The van der Waals surface area contributed by atoms with Crippen LogP contribution in [0.2, 0.25) is 5.02 Å². The van der Waals surface area contributed by atoms with Gasteiger partial charge in [0.25, 0.3) is 10.0 Å². The Morgan fingerprint density at radius 3 is 2.50 bits per heavy atom. The average Bonchev–Trinajstić information content (AvgIpc) is 3.08.